The van der Waals surface area contributed by atoms with Crippen LogP contribution in [0, 0.1) is 0 Å². The number of aromatic hydroxyl groups is 3. The first-order chi connectivity index (χ1) is 12.9. The summed E-state index contributed by atoms with van der Waals surface area (Å²) in [5.41, 5.74) is 1.11. The largest absolute Gasteiger partial charge is 0.508 e. The van der Waals surface area contributed by atoms with Crippen molar-refractivity contribution in [1.82, 2.24) is 4.98 Å². The fourth-order valence-corrected chi connectivity index (χ4v) is 3.03. The molecule has 0 spiro atoms. The minimum Gasteiger partial charge on any atom is -0.508 e. The van der Waals surface area contributed by atoms with Gasteiger partial charge in [0.15, 0.2) is 23.2 Å². The number of rotatable bonds is 5. The van der Waals surface area contributed by atoms with Gasteiger partial charge in [0.25, 0.3) is 5.91 Å². The Kier molecular flexibility index (Phi) is 5.23. The number of carbonyl (C=O) groups excluding carboxylic acids is 2. The average Bonchev–Trinajstić information content (AvgIpc) is 3.02. The van der Waals surface area contributed by atoms with Gasteiger partial charge in [0.1, 0.15) is 5.75 Å². The number of hydrogen-bond donors (Lipinski definition) is 4. The molecule has 3 rings (SSSR count). The van der Waals surface area contributed by atoms with Crippen molar-refractivity contribution >= 4 is 44.6 Å². The molecule has 27 heavy (non-hydrogen) atoms. The van der Waals surface area contributed by atoms with Gasteiger partial charge in [-0.2, -0.15) is 0 Å². The number of phenols is 3. The number of nitrogens with zero attached hydrogens (tertiary/aromatic N) is 1. The monoisotopic (exact) mass is 386 g/mol. The number of phenolic OH excluding ortho intramolecular Hbond substituents is 3. The van der Waals surface area contributed by atoms with Gasteiger partial charge in [-0.15, -0.1) is 0 Å². The lowest BCUT2D eigenvalue weighted by Crippen LogP contribution is -2.19. The van der Waals surface area contributed by atoms with Gasteiger partial charge in [-0.25, -0.2) is 9.78 Å². The molecule has 3 aromatic rings. The molecule has 0 aliphatic heterocycles. The Hall–Kier alpha value is -3.59. The van der Waals surface area contributed by atoms with Crippen LogP contribution in [0.2, 0.25) is 0 Å². The zero-order chi connectivity index (χ0) is 19.4. The van der Waals surface area contributed by atoms with Crippen LogP contribution in [0.4, 0.5) is 5.13 Å². The molecule has 8 nitrogen and oxygen atoms in total. The summed E-state index contributed by atoms with van der Waals surface area (Å²) in [6.07, 6.45) is 2.47. The molecule has 1 aromatic heterocycles. The molecular formula is C18H14N2O6S. The Morgan fingerprint density at radius 2 is 1.93 bits per heavy atom. The number of anilines is 1. The van der Waals surface area contributed by atoms with Crippen molar-refractivity contribution in [3.8, 4) is 17.2 Å². The number of aromatic nitrogens is 1. The molecule has 0 bridgehead atoms. The summed E-state index contributed by atoms with van der Waals surface area (Å²) >= 11 is 1.18. The molecule has 0 aliphatic carbocycles. The zero-order valence-corrected chi connectivity index (χ0v) is 14.6. The van der Waals surface area contributed by atoms with Gasteiger partial charge in [0.05, 0.1) is 10.2 Å². The second-order valence-corrected chi connectivity index (χ2v) is 6.44. The molecule has 9 heteroatoms. The van der Waals surface area contributed by atoms with E-state index in [-0.39, 0.29) is 17.2 Å². The quantitative estimate of drug-likeness (QED) is 0.301. The Morgan fingerprint density at radius 1 is 1.11 bits per heavy atom. The molecule has 2 aromatic carbocycles. The van der Waals surface area contributed by atoms with Gasteiger partial charge >= 0.3 is 5.97 Å². The number of amides is 1. The second kappa shape index (κ2) is 7.75. The second-order valence-electron chi connectivity index (χ2n) is 5.41. The van der Waals surface area contributed by atoms with Crippen LogP contribution in [-0.4, -0.2) is 38.8 Å². The summed E-state index contributed by atoms with van der Waals surface area (Å²) in [5, 5.41) is 30.9. The lowest BCUT2D eigenvalue weighted by molar-refractivity contribution is -0.142. The third-order valence-electron chi connectivity index (χ3n) is 3.38. The topological polar surface area (TPSA) is 129 Å². The van der Waals surface area contributed by atoms with Crippen molar-refractivity contribution in [2.45, 2.75) is 0 Å². The van der Waals surface area contributed by atoms with Crippen LogP contribution in [0.15, 0.2) is 42.5 Å². The Morgan fingerprint density at radius 3 is 2.70 bits per heavy atom. The lowest BCUT2D eigenvalue weighted by atomic mass is 10.2. The molecule has 138 valence electrons. The van der Waals surface area contributed by atoms with Crippen LogP contribution in [0.5, 0.6) is 17.2 Å². The summed E-state index contributed by atoms with van der Waals surface area (Å²) < 4.78 is 5.54. The van der Waals surface area contributed by atoms with E-state index in [2.05, 4.69) is 10.3 Å². The first-order valence-electron chi connectivity index (χ1n) is 7.67. The molecule has 1 heterocycles. The van der Waals surface area contributed by atoms with E-state index in [1.807, 2.05) is 0 Å². The Bertz CT molecular complexity index is 1040. The van der Waals surface area contributed by atoms with Crippen LogP contribution in [0.3, 0.4) is 0 Å². The number of benzene rings is 2. The average molecular weight is 386 g/mol. The van der Waals surface area contributed by atoms with Crippen molar-refractivity contribution in [2.24, 2.45) is 0 Å². The highest BCUT2D eigenvalue weighted by molar-refractivity contribution is 7.22. The highest BCUT2D eigenvalue weighted by atomic mass is 32.1. The van der Waals surface area contributed by atoms with Gasteiger partial charge < -0.3 is 20.1 Å². The normalized spacial score (nSPS) is 11.0. The Labute approximate surface area is 157 Å². The zero-order valence-electron chi connectivity index (χ0n) is 13.7. The van der Waals surface area contributed by atoms with Crippen molar-refractivity contribution in [3.05, 3.63) is 48.0 Å². The number of thiazole rings is 1. The number of hydrogen-bond acceptors (Lipinski definition) is 8. The van der Waals surface area contributed by atoms with Crippen LogP contribution in [0.25, 0.3) is 16.3 Å². The smallest absolute Gasteiger partial charge is 0.331 e. The predicted octanol–water partition coefficient (Wildman–Crippen LogP) is 2.61. The van der Waals surface area contributed by atoms with Crippen LogP contribution < -0.4 is 5.32 Å². The van der Waals surface area contributed by atoms with E-state index >= 15 is 0 Å². The maximum absolute atomic E-state index is 11.9. The minimum atomic E-state index is -0.744. The van der Waals surface area contributed by atoms with E-state index in [4.69, 9.17) is 4.74 Å². The maximum atomic E-state index is 11.9. The Balaban J connectivity index is 1.52. The third kappa shape index (κ3) is 4.73. The SMILES string of the molecule is O=C(COC(=O)/C=C/c1ccc(O)c(O)c1)Nc1nc2ccc(O)cc2s1. The molecule has 0 unspecified atom stereocenters. The molecule has 0 radical (unpaired) electrons. The lowest BCUT2D eigenvalue weighted by Gasteiger charge is -2.02. The number of nitrogens with one attached hydrogen (secondary N) is 1. The number of ether oxygens (including phenoxy) is 1. The van der Waals surface area contributed by atoms with E-state index in [0.29, 0.717) is 20.9 Å². The van der Waals surface area contributed by atoms with E-state index in [9.17, 15) is 24.9 Å². The standard InChI is InChI=1S/C18H14N2O6S/c21-11-3-4-12-15(8-11)27-18(19-12)20-16(24)9-26-17(25)6-2-10-1-5-13(22)14(23)7-10/h1-8,21-23H,9H2,(H,19,20,24)/b6-2+. The molecule has 0 fully saturated rings. The predicted molar refractivity (Wildman–Crippen MR) is 99.7 cm³/mol. The number of fused-ring (bicyclic) bond motifs is 1. The van der Waals surface area contributed by atoms with Crippen molar-refractivity contribution < 1.29 is 29.6 Å². The summed E-state index contributed by atoms with van der Waals surface area (Å²) in [7, 11) is 0. The molecule has 0 atom stereocenters. The van der Waals surface area contributed by atoms with Gasteiger partial charge in [-0.05, 0) is 42.0 Å². The van der Waals surface area contributed by atoms with Crippen LogP contribution >= 0.6 is 11.3 Å². The summed E-state index contributed by atoms with van der Waals surface area (Å²) in [5.74, 6) is -1.77. The molecule has 1 amide bonds. The fourth-order valence-electron chi connectivity index (χ4n) is 2.12. The highest BCUT2D eigenvalue weighted by Crippen LogP contribution is 2.28. The molecule has 0 saturated heterocycles. The minimum absolute atomic E-state index is 0.103. The van der Waals surface area contributed by atoms with E-state index < -0.39 is 18.5 Å². The first-order valence-corrected chi connectivity index (χ1v) is 8.48. The van der Waals surface area contributed by atoms with Gasteiger partial charge in [-0.3, -0.25) is 10.1 Å². The molecule has 0 saturated carbocycles. The van der Waals surface area contributed by atoms with Gasteiger partial charge in [0, 0.05) is 6.08 Å². The highest BCUT2D eigenvalue weighted by Gasteiger charge is 2.10. The number of carbonyl (C=O) groups is 2. The van der Waals surface area contributed by atoms with Crippen LogP contribution in [-0.2, 0) is 14.3 Å². The van der Waals surface area contributed by atoms with Crippen molar-refractivity contribution in [1.29, 1.82) is 0 Å². The van der Waals surface area contributed by atoms with Crippen molar-refractivity contribution in [2.75, 3.05) is 11.9 Å². The number of esters is 1. The fraction of sp³-hybridized carbons (Fsp3) is 0.0556. The first kappa shape index (κ1) is 18.2. The van der Waals surface area contributed by atoms with E-state index in [0.717, 1.165) is 6.08 Å². The van der Waals surface area contributed by atoms with E-state index in [1.54, 1.807) is 6.07 Å². The summed E-state index contributed by atoms with van der Waals surface area (Å²) in [4.78, 5) is 27.7. The van der Waals surface area contributed by atoms with Gasteiger partial charge in [0.2, 0.25) is 0 Å². The molecule has 4 N–H and O–H groups in total. The maximum Gasteiger partial charge on any atom is 0.331 e. The van der Waals surface area contributed by atoms with E-state index in [1.165, 1.54) is 47.7 Å². The third-order valence-corrected chi connectivity index (χ3v) is 4.31. The summed E-state index contributed by atoms with van der Waals surface area (Å²) in [6, 6.07) is 8.71. The van der Waals surface area contributed by atoms with Crippen molar-refractivity contribution in [3.63, 3.8) is 0 Å². The van der Waals surface area contributed by atoms with Gasteiger partial charge in [-0.1, -0.05) is 17.4 Å². The molecular weight excluding hydrogens is 372 g/mol. The summed E-state index contributed by atoms with van der Waals surface area (Å²) in [6.45, 7) is -0.495. The molecule has 0 aliphatic rings. The van der Waals surface area contributed by atoms with Crippen LogP contribution in [0.1, 0.15) is 5.56 Å².